The number of rotatable bonds is 8. The zero-order chi connectivity index (χ0) is 23.2. The molecule has 1 heterocycles. The number of carbonyl (C=O) groups excluding carboxylic acids is 2. The lowest BCUT2D eigenvalue weighted by Gasteiger charge is -2.15. The summed E-state index contributed by atoms with van der Waals surface area (Å²) in [7, 11) is 0. The number of hydrogen-bond donors (Lipinski definition) is 1. The molecule has 0 saturated heterocycles. The second kappa shape index (κ2) is 10.2. The van der Waals surface area contributed by atoms with Gasteiger partial charge in [0.15, 0.2) is 0 Å². The molecule has 0 bridgehead atoms. The van der Waals surface area contributed by atoms with Gasteiger partial charge in [-0.25, -0.2) is 4.79 Å². The van der Waals surface area contributed by atoms with Crippen molar-refractivity contribution >= 4 is 22.5 Å². The number of Topliss-reactive ketones (excluding diaryl/α,β-unsaturated/α-hetero) is 1. The van der Waals surface area contributed by atoms with Crippen molar-refractivity contribution in [1.29, 1.82) is 0 Å². The first-order valence-corrected chi connectivity index (χ1v) is 10.9. The number of esters is 1. The van der Waals surface area contributed by atoms with Crippen LogP contribution in [0.2, 0.25) is 0 Å². The van der Waals surface area contributed by atoms with Crippen LogP contribution in [0.3, 0.4) is 0 Å². The van der Waals surface area contributed by atoms with Gasteiger partial charge in [-0.15, -0.1) is 0 Å². The van der Waals surface area contributed by atoms with E-state index in [9.17, 15) is 9.59 Å². The first-order chi connectivity index (χ1) is 16.0. The number of aromatic nitrogens is 1. The monoisotopic (exact) mass is 438 g/mol. The summed E-state index contributed by atoms with van der Waals surface area (Å²) in [5.41, 5.74) is 10.2. The number of fused-ring (bicyclic) bond motifs is 1. The topological polar surface area (TPSA) is 82.3 Å². The molecule has 4 aromatic rings. The predicted octanol–water partition coefficient (Wildman–Crippen LogP) is 4.75. The summed E-state index contributed by atoms with van der Waals surface area (Å²) in [6.07, 6.45) is 3.87. The van der Waals surface area contributed by atoms with Gasteiger partial charge in [0.05, 0.1) is 11.5 Å². The molecule has 2 N–H and O–H groups in total. The Morgan fingerprint density at radius 1 is 0.909 bits per heavy atom. The van der Waals surface area contributed by atoms with Gasteiger partial charge >= 0.3 is 5.97 Å². The molecule has 0 aliphatic carbocycles. The van der Waals surface area contributed by atoms with Gasteiger partial charge in [-0.1, -0.05) is 60.2 Å². The van der Waals surface area contributed by atoms with E-state index >= 15 is 0 Å². The molecular formula is C28H26N2O3. The molecule has 1 aromatic heterocycles. The quantitative estimate of drug-likeness (QED) is 0.401. The van der Waals surface area contributed by atoms with Crippen molar-refractivity contribution in [3.8, 4) is 0 Å². The normalized spacial score (nSPS) is 11.8. The Bertz CT molecular complexity index is 1260. The Morgan fingerprint density at radius 2 is 1.64 bits per heavy atom. The van der Waals surface area contributed by atoms with Crippen molar-refractivity contribution in [2.75, 3.05) is 6.54 Å². The molecule has 0 fully saturated rings. The Hall–Kier alpha value is -3.83. The molecule has 0 radical (unpaired) electrons. The van der Waals surface area contributed by atoms with E-state index in [4.69, 9.17) is 10.5 Å². The van der Waals surface area contributed by atoms with Crippen molar-refractivity contribution in [2.24, 2.45) is 5.73 Å². The van der Waals surface area contributed by atoms with Crippen molar-refractivity contribution in [3.05, 3.63) is 113 Å². The lowest BCUT2D eigenvalue weighted by Crippen LogP contribution is -2.23. The summed E-state index contributed by atoms with van der Waals surface area (Å²) in [5, 5.41) is 2.10. The SMILES string of the molecule is Cc1ccc(C(=O)OCc2ccc(C(CN)C(=O)Cc3ccc4cnccc4c3)cc2)cc1. The zero-order valence-corrected chi connectivity index (χ0v) is 18.5. The van der Waals surface area contributed by atoms with E-state index in [1.165, 1.54) is 0 Å². The number of nitrogens with zero attached hydrogens (tertiary/aromatic N) is 1. The van der Waals surface area contributed by atoms with Crippen LogP contribution in [-0.2, 0) is 22.6 Å². The van der Waals surface area contributed by atoms with E-state index in [0.717, 1.165) is 33.0 Å². The highest BCUT2D eigenvalue weighted by Gasteiger charge is 2.19. The lowest BCUT2D eigenvalue weighted by atomic mass is 9.90. The number of hydrogen-bond acceptors (Lipinski definition) is 5. The van der Waals surface area contributed by atoms with E-state index in [0.29, 0.717) is 12.0 Å². The molecular weight excluding hydrogens is 412 g/mol. The second-order valence-electron chi connectivity index (χ2n) is 8.17. The minimum atomic E-state index is -0.387. The van der Waals surface area contributed by atoms with Gasteiger partial charge in [0.25, 0.3) is 0 Å². The summed E-state index contributed by atoms with van der Waals surface area (Å²) in [5.74, 6) is -0.674. The van der Waals surface area contributed by atoms with Gasteiger partial charge in [-0.05, 0) is 47.2 Å². The van der Waals surface area contributed by atoms with E-state index < -0.39 is 0 Å². The fraction of sp³-hybridized carbons (Fsp3) is 0.179. The van der Waals surface area contributed by atoms with Crippen LogP contribution in [0.15, 0.2) is 85.2 Å². The number of pyridine rings is 1. The Balaban J connectivity index is 1.38. The van der Waals surface area contributed by atoms with Crippen LogP contribution in [0.5, 0.6) is 0 Å². The molecule has 0 aliphatic rings. The summed E-state index contributed by atoms with van der Waals surface area (Å²) in [6, 6.07) is 22.7. The van der Waals surface area contributed by atoms with Crippen molar-refractivity contribution in [2.45, 2.75) is 25.9 Å². The lowest BCUT2D eigenvalue weighted by molar-refractivity contribution is -0.119. The van der Waals surface area contributed by atoms with Crippen LogP contribution >= 0.6 is 0 Å². The van der Waals surface area contributed by atoms with E-state index in [1.807, 2.05) is 73.8 Å². The van der Waals surface area contributed by atoms with E-state index in [2.05, 4.69) is 4.98 Å². The van der Waals surface area contributed by atoms with E-state index in [1.54, 1.807) is 18.3 Å². The third-order valence-electron chi connectivity index (χ3n) is 5.75. The first kappa shape index (κ1) is 22.4. The molecule has 4 rings (SSSR count). The number of carbonyl (C=O) groups is 2. The molecule has 33 heavy (non-hydrogen) atoms. The van der Waals surface area contributed by atoms with Crippen LogP contribution in [-0.4, -0.2) is 23.3 Å². The van der Waals surface area contributed by atoms with Crippen LogP contribution in [0, 0.1) is 6.92 Å². The van der Waals surface area contributed by atoms with Crippen molar-refractivity contribution in [3.63, 3.8) is 0 Å². The highest BCUT2D eigenvalue weighted by molar-refractivity contribution is 5.90. The van der Waals surface area contributed by atoms with Gasteiger partial charge < -0.3 is 10.5 Å². The molecule has 0 aliphatic heterocycles. The molecule has 0 amide bonds. The number of ether oxygens (including phenoxy) is 1. The Morgan fingerprint density at radius 3 is 2.36 bits per heavy atom. The summed E-state index contributed by atoms with van der Waals surface area (Å²) < 4.78 is 5.41. The smallest absolute Gasteiger partial charge is 0.338 e. The summed E-state index contributed by atoms with van der Waals surface area (Å²) in [4.78, 5) is 29.3. The summed E-state index contributed by atoms with van der Waals surface area (Å²) in [6.45, 7) is 2.37. The Kier molecular flexibility index (Phi) is 6.91. The minimum absolute atomic E-state index is 0.0736. The van der Waals surface area contributed by atoms with Crippen LogP contribution in [0.25, 0.3) is 10.8 Å². The van der Waals surface area contributed by atoms with Crippen LogP contribution in [0.1, 0.15) is 38.5 Å². The number of benzene rings is 3. The van der Waals surface area contributed by atoms with Crippen molar-refractivity contribution < 1.29 is 14.3 Å². The third kappa shape index (κ3) is 5.51. The van der Waals surface area contributed by atoms with Gasteiger partial charge in [0, 0.05) is 30.7 Å². The highest BCUT2D eigenvalue weighted by atomic mass is 16.5. The number of ketones is 1. The van der Waals surface area contributed by atoms with E-state index in [-0.39, 0.29) is 30.8 Å². The maximum absolute atomic E-state index is 13.0. The first-order valence-electron chi connectivity index (χ1n) is 10.9. The van der Waals surface area contributed by atoms with Gasteiger partial charge in [-0.2, -0.15) is 0 Å². The molecule has 1 unspecified atom stereocenters. The number of aryl methyl sites for hydroxylation is 1. The number of nitrogens with two attached hydrogens (primary N) is 1. The Labute approximate surface area is 193 Å². The molecule has 1 atom stereocenters. The van der Waals surface area contributed by atoms with Gasteiger partial charge in [-0.3, -0.25) is 9.78 Å². The molecule has 5 nitrogen and oxygen atoms in total. The standard InChI is InChI=1S/C28H26N2O3/c1-19-2-7-23(8-3-19)28(32)33-18-20-4-9-22(10-5-20)26(16-29)27(31)15-21-6-11-25-17-30-13-12-24(25)14-21/h2-14,17,26H,15-16,18,29H2,1H3. The van der Waals surface area contributed by atoms with Crippen LogP contribution < -0.4 is 5.73 Å². The zero-order valence-electron chi connectivity index (χ0n) is 18.5. The second-order valence-corrected chi connectivity index (χ2v) is 8.17. The summed E-state index contributed by atoms with van der Waals surface area (Å²) >= 11 is 0. The minimum Gasteiger partial charge on any atom is -0.457 e. The largest absolute Gasteiger partial charge is 0.457 e. The van der Waals surface area contributed by atoms with Crippen molar-refractivity contribution in [1.82, 2.24) is 4.98 Å². The predicted molar refractivity (Wildman–Crippen MR) is 129 cm³/mol. The average Bonchev–Trinajstić information content (AvgIpc) is 2.84. The third-order valence-corrected chi connectivity index (χ3v) is 5.75. The molecule has 0 saturated carbocycles. The van der Waals surface area contributed by atoms with Gasteiger partial charge in [0.1, 0.15) is 12.4 Å². The average molecular weight is 439 g/mol. The molecule has 3 aromatic carbocycles. The molecule has 5 heteroatoms. The molecule has 166 valence electrons. The highest BCUT2D eigenvalue weighted by Crippen LogP contribution is 2.21. The fourth-order valence-corrected chi connectivity index (χ4v) is 3.79. The maximum Gasteiger partial charge on any atom is 0.338 e. The van der Waals surface area contributed by atoms with Gasteiger partial charge in [0.2, 0.25) is 0 Å². The maximum atomic E-state index is 13.0. The fourth-order valence-electron chi connectivity index (χ4n) is 3.79. The molecule has 0 spiro atoms. The van der Waals surface area contributed by atoms with Crippen LogP contribution in [0.4, 0.5) is 0 Å².